The van der Waals surface area contributed by atoms with Crippen LogP contribution in [-0.2, 0) is 103 Å². The molecule has 0 heterocycles. The van der Waals surface area contributed by atoms with Crippen molar-refractivity contribution in [2.45, 2.75) is 214 Å². The van der Waals surface area contributed by atoms with Crippen molar-refractivity contribution < 1.29 is 0 Å². The van der Waals surface area contributed by atoms with E-state index in [1.807, 2.05) is 0 Å². The lowest BCUT2D eigenvalue weighted by atomic mass is 9.85. The van der Waals surface area contributed by atoms with E-state index in [1.165, 1.54) is 111 Å². The number of nitrogens with zero attached hydrogens (tertiary/aromatic N) is 2. The van der Waals surface area contributed by atoms with E-state index in [1.54, 1.807) is 44.5 Å². The molecule has 76 heavy (non-hydrogen) atoms. The van der Waals surface area contributed by atoms with Gasteiger partial charge >= 0.3 is 0 Å². The Bertz CT molecular complexity index is 3030. The van der Waals surface area contributed by atoms with Gasteiger partial charge in [0.2, 0.25) is 0 Å². The Labute approximate surface area is 461 Å². The molecule has 0 saturated carbocycles. The molecule has 0 aliphatic carbocycles. The lowest BCUT2D eigenvalue weighted by Crippen LogP contribution is -2.20. The third-order valence-corrected chi connectivity index (χ3v) is 18.0. The van der Waals surface area contributed by atoms with E-state index in [2.05, 4.69) is 206 Å². The first kappa shape index (κ1) is 56.3. The van der Waals surface area contributed by atoms with Gasteiger partial charge in [-0.05, 0) is 250 Å². The first-order valence-electron chi connectivity index (χ1n) is 30.7. The van der Waals surface area contributed by atoms with Crippen LogP contribution in [0, 0.1) is 0 Å². The summed E-state index contributed by atoms with van der Waals surface area (Å²) in [6.07, 6.45) is 16.3. The van der Waals surface area contributed by atoms with Crippen molar-refractivity contribution in [3.63, 3.8) is 0 Å². The number of benzene rings is 8. The van der Waals surface area contributed by atoms with Gasteiger partial charge in [-0.3, -0.25) is 0 Å². The van der Waals surface area contributed by atoms with Gasteiger partial charge in [-0.15, -0.1) is 0 Å². The standard InChI is InChI=1S/C74H94N2/c1-17-47-41-69(59(29-13)55(25-9)51(47)21-5)75(70-42-48(18-2)52(22-6)56(26-10)60(70)30-14)73-45-67-64-38-34-36-40-66(64)74(46-68(67)63-37-33-35-39-65(63)73)76(71-43-49(19-3)53(23-7)57(27-11)61(71)31-15)72-44-50(20-4)54(24-8)58(28-12)62(72)32-16/h33-46H,17-32H2,1-16H3. The first-order chi connectivity index (χ1) is 37.0. The smallest absolute Gasteiger partial charge is 0.0546 e. The van der Waals surface area contributed by atoms with Crippen LogP contribution in [0.25, 0.3) is 32.3 Å². The van der Waals surface area contributed by atoms with Gasteiger partial charge in [-0.1, -0.05) is 159 Å². The molecule has 8 aromatic carbocycles. The Morgan fingerprint density at radius 2 is 0.408 bits per heavy atom. The summed E-state index contributed by atoms with van der Waals surface area (Å²) in [5, 5.41) is 7.82. The largest absolute Gasteiger partial charge is 0.309 e. The van der Waals surface area contributed by atoms with E-state index in [-0.39, 0.29) is 0 Å². The van der Waals surface area contributed by atoms with Crippen LogP contribution in [0.4, 0.5) is 34.1 Å². The maximum atomic E-state index is 2.78. The van der Waals surface area contributed by atoms with Crippen molar-refractivity contribution in [3.05, 3.63) is 174 Å². The van der Waals surface area contributed by atoms with Crippen LogP contribution in [0.2, 0.25) is 0 Å². The van der Waals surface area contributed by atoms with Gasteiger partial charge < -0.3 is 9.80 Å². The van der Waals surface area contributed by atoms with Crippen molar-refractivity contribution in [2.24, 2.45) is 0 Å². The monoisotopic (exact) mass is 1010 g/mol. The highest BCUT2D eigenvalue weighted by atomic mass is 15.2. The molecule has 0 atom stereocenters. The van der Waals surface area contributed by atoms with Gasteiger partial charge in [-0.25, -0.2) is 0 Å². The van der Waals surface area contributed by atoms with E-state index in [9.17, 15) is 0 Å². The fourth-order valence-corrected chi connectivity index (χ4v) is 14.6. The number of hydrogen-bond donors (Lipinski definition) is 0. The quantitative estimate of drug-likeness (QED) is 0.0624. The Kier molecular flexibility index (Phi) is 18.3. The minimum Gasteiger partial charge on any atom is -0.309 e. The zero-order valence-corrected chi connectivity index (χ0v) is 50.3. The molecule has 0 amide bonds. The van der Waals surface area contributed by atoms with Crippen molar-refractivity contribution in [1.82, 2.24) is 0 Å². The molecule has 0 aliphatic rings. The summed E-state index contributed by atoms with van der Waals surface area (Å²) < 4.78 is 0. The van der Waals surface area contributed by atoms with Crippen molar-refractivity contribution >= 4 is 66.4 Å². The van der Waals surface area contributed by atoms with Crippen LogP contribution in [0.3, 0.4) is 0 Å². The number of aryl methyl sites for hydroxylation is 4. The molecule has 0 aromatic heterocycles. The van der Waals surface area contributed by atoms with Gasteiger partial charge in [0.15, 0.2) is 0 Å². The van der Waals surface area contributed by atoms with Gasteiger partial charge in [0.05, 0.1) is 11.4 Å². The summed E-state index contributed by atoms with van der Waals surface area (Å²) in [5.74, 6) is 0. The zero-order chi connectivity index (χ0) is 54.5. The fourth-order valence-electron chi connectivity index (χ4n) is 14.6. The number of fused-ring (bicyclic) bond motifs is 5. The average molecular weight is 1010 g/mol. The molecule has 8 rings (SSSR count). The molecule has 0 radical (unpaired) electrons. The maximum absolute atomic E-state index is 2.78. The predicted molar refractivity (Wildman–Crippen MR) is 338 cm³/mol. The van der Waals surface area contributed by atoms with Gasteiger partial charge in [0.1, 0.15) is 0 Å². The number of hydrogen-bond acceptors (Lipinski definition) is 2. The van der Waals surface area contributed by atoms with Crippen LogP contribution in [0.1, 0.15) is 200 Å². The van der Waals surface area contributed by atoms with Crippen molar-refractivity contribution in [1.29, 1.82) is 0 Å². The molecule has 0 saturated heterocycles. The third kappa shape index (κ3) is 9.47. The molecule has 2 heteroatoms. The summed E-state index contributed by atoms with van der Waals surface area (Å²) in [7, 11) is 0. The second kappa shape index (κ2) is 24.6. The fraction of sp³-hybridized carbons (Fsp3) is 0.432. The topological polar surface area (TPSA) is 6.48 Å². The summed E-state index contributed by atoms with van der Waals surface area (Å²) in [6, 6.07) is 34.6. The lowest BCUT2D eigenvalue weighted by Gasteiger charge is -2.36. The van der Waals surface area contributed by atoms with E-state index in [0.717, 1.165) is 103 Å². The molecule has 0 aliphatic heterocycles. The number of anilines is 6. The van der Waals surface area contributed by atoms with Gasteiger partial charge in [-0.2, -0.15) is 0 Å². The molecule has 0 fully saturated rings. The van der Waals surface area contributed by atoms with Crippen LogP contribution < -0.4 is 9.80 Å². The summed E-state index contributed by atoms with van der Waals surface area (Å²) in [4.78, 5) is 5.57. The molecular formula is C74H94N2. The van der Waals surface area contributed by atoms with Crippen LogP contribution in [0.15, 0.2) is 84.9 Å². The van der Waals surface area contributed by atoms with E-state index >= 15 is 0 Å². The Morgan fingerprint density at radius 1 is 0.197 bits per heavy atom. The van der Waals surface area contributed by atoms with E-state index in [4.69, 9.17) is 0 Å². The van der Waals surface area contributed by atoms with Gasteiger partial charge in [0.25, 0.3) is 0 Å². The molecule has 2 nitrogen and oxygen atoms in total. The van der Waals surface area contributed by atoms with Crippen LogP contribution >= 0.6 is 0 Å². The van der Waals surface area contributed by atoms with Gasteiger partial charge in [0, 0.05) is 33.5 Å². The number of rotatable bonds is 22. The highest BCUT2D eigenvalue weighted by molar-refractivity contribution is 6.25. The molecule has 0 unspecified atom stereocenters. The molecular weight excluding hydrogens is 917 g/mol. The molecule has 0 bridgehead atoms. The maximum Gasteiger partial charge on any atom is 0.0546 e. The average Bonchev–Trinajstić information content (AvgIpc) is 3.49. The second-order valence-corrected chi connectivity index (χ2v) is 21.3. The molecule has 400 valence electrons. The normalized spacial score (nSPS) is 11.7. The minimum atomic E-state index is 0.979. The summed E-state index contributed by atoms with van der Waals surface area (Å²) in [5.41, 5.74) is 32.3. The Balaban J connectivity index is 1.61. The second-order valence-electron chi connectivity index (χ2n) is 21.3. The van der Waals surface area contributed by atoms with Crippen LogP contribution in [-0.4, -0.2) is 0 Å². The highest BCUT2D eigenvalue weighted by Crippen LogP contribution is 2.52. The summed E-state index contributed by atoms with van der Waals surface area (Å²) in [6.45, 7) is 38.1. The minimum absolute atomic E-state index is 0.979. The highest BCUT2D eigenvalue weighted by Gasteiger charge is 2.31. The van der Waals surface area contributed by atoms with E-state index < -0.39 is 0 Å². The molecule has 8 aromatic rings. The third-order valence-electron chi connectivity index (χ3n) is 18.0. The Morgan fingerprint density at radius 3 is 0.605 bits per heavy atom. The molecule has 0 N–H and O–H groups in total. The van der Waals surface area contributed by atoms with Crippen LogP contribution in [0.5, 0.6) is 0 Å². The van der Waals surface area contributed by atoms with E-state index in [0.29, 0.717) is 0 Å². The first-order valence-corrected chi connectivity index (χ1v) is 30.7. The predicted octanol–water partition coefficient (Wildman–Crippen LogP) is 21.1. The summed E-state index contributed by atoms with van der Waals surface area (Å²) >= 11 is 0. The SMILES string of the molecule is CCc1cc(N(c2cc(CC)c(CC)c(CC)c2CC)c2cc3c4ccccc4c(N(c4cc(CC)c(CC)c(CC)c4CC)c4cc(CC)c(CC)c(CC)c4CC)cc3c3ccccc23)c(CC)c(CC)c1CC. The molecule has 0 spiro atoms. The zero-order valence-electron chi connectivity index (χ0n) is 50.3. The van der Waals surface area contributed by atoms with Crippen molar-refractivity contribution in [2.75, 3.05) is 9.80 Å². The van der Waals surface area contributed by atoms with Crippen molar-refractivity contribution in [3.8, 4) is 0 Å². The Hall–Kier alpha value is -5.86. The lowest BCUT2D eigenvalue weighted by molar-refractivity contribution is 0.928.